The molecular formula is C18H11F3O. The van der Waals surface area contributed by atoms with Crippen molar-refractivity contribution in [1.82, 2.24) is 0 Å². The number of phenols is 1. The van der Waals surface area contributed by atoms with E-state index in [9.17, 15) is 18.3 Å². The van der Waals surface area contributed by atoms with Gasteiger partial charge >= 0.3 is 0 Å². The molecule has 4 heteroatoms. The minimum atomic E-state index is -0.984. The molecule has 1 nitrogen and oxygen atoms in total. The Bertz CT molecular complexity index is 843. The molecule has 0 aliphatic heterocycles. The number of halogens is 3. The molecule has 22 heavy (non-hydrogen) atoms. The third kappa shape index (κ3) is 2.55. The van der Waals surface area contributed by atoms with Crippen molar-refractivity contribution in [2.75, 3.05) is 0 Å². The quantitative estimate of drug-likeness (QED) is 0.694. The summed E-state index contributed by atoms with van der Waals surface area (Å²) in [5.74, 6) is -2.51. The van der Waals surface area contributed by atoms with Crippen molar-refractivity contribution in [3.8, 4) is 28.0 Å². The van der Waals surface area contributed by atoms with Gasteiger partial charge in [0, 0.05) is 11.1 Å². The molecule has 3 rings (SSSR count). The largest absolute Gasteiger partial charge is 0.507 e. The van der Waals surface area contributed by atoms with Crippen LogP contribution in [0, 0.1) is 17.5 Å². The number of hydrogen-bond acceptors (Lipinski definition) is 1. The molecule has 0 radical (unpaired) electrons. The first-order valence-electron chi connectivity index (χ1n) is 6.59. The number of para-hydroxylation sites is 1. The fraction of sp³-hybridized carbons (Fsp3) is 0. The van der Waals surface area contributed by atoms with E-state index in [1.165, 1.54) is 24.3 Å². The zero-order chi connectivity index (χ0) is 15.7. The van der Waals surface area contributed by atoms with E-state index in [-0.39, 0.29) is 11.3 Å². The summed E-state index contributed by atoms with van der Waals surface area (Å²) in [6.07, 6.45) is 0. The second-order valence-corrected chi connectivity index (χ2v) is 4.84. The fourth-order valence-corrected chi connectivity index (χ4v) is 2.29. The molecule has 0 atom stereocenters. The van der Waals surface area contributed by atoms with Crippen molar-refractivity contribution in [3.05, 3.63) is 78.1 Å². The van der Waals surface area contributed by atoms with E-state index in [1.54, 1.807) is 24.3 Å². The lowest BCUT2D eigenvalue weighted by molar-refractivity contribution is 0.476. The molecule has 0 unspecified atom stereocenters. The second kappa shape index (κ2) is 5.56. The van der Waals surface area contributed by atoms with Gasteiger partial charge in [0.05, 0.1) is 0 Å². The van der Waals surface area contributed by atoms with Gasteiger partial charge in [-0.25, -0.2) is 13.2 Å². The van der Waals surface area contributed by atoms with Crippen molar-refractivity contribution >= 4 is 0 Å². The van der Waals surface area contributed by atoms with E-state index in [4.69, 9.17) is 0 Å². The normalized spacial score (nSPS) is 10.7. The first-order valence-corrected chi connectivity index (χ1v) is 6.59. The van der Waals surface area contributed by atoms with Gasteiger partial charge in [-0.1, -0.05) is 36.4 Å². The molecule has 3 aromatic rings. The van der Waals surface area contributed by atoms with Crippen molar-refractivity contribution in [1.29, 1.82) is 0 Å². The summed E-state index contributed by atoms with van der Waals surface area (Å²) < 4.78 is 40.5. The first kappa shape index (κ1) is 14.2. The highest BCUT2D eigenvalue weighted by Gasteiger charge is 2.11. The van der Waals surface area contributed by atoms with E-state index in [2.05, 4.69) is 0 Å². The van der Waals surface area contributed by atoms with E-state index >= 15 is 0 Å². The maximum Gasteiger partial charge on any atom is 0.159 e. The Balaban J connectivity index is 2.06. The third-order valence-corrected chi connectivity index (χ3v) is 3.42. The van der Waals surface area contributed by atoms with Crippen molar-refractivity contribution < 1.29 is 18.3 Å². The van der Waals surface area contributed by atoms with E-state index in [1.807, 2.05) is 0 Å². The van der Waals surface area contributed by atoms with Crippen LogP contribution >= 0.6 is 0 Å². The maximum atomic E-state index is 14.3. The van der Waals surface area contributed by atoms with Crippen molar-refractivity contribution in [2.45, 2.75) is 0 Å². The molecule has 0 amide bonds. The Morgan fingerprint density at radius 2 is 1.23 bits per heavy atom. The van der Waals surface area contributed by atoms with Crippen LogP contribution in [0.15, 0.2) is 60.7 Å². The summed E-state index contributed by atoms with van der Waals surface area (Å²) in [5, 5.41) is 9.78. The predicted molar refractivity (Wildman–Crippen MR) is 78.9 cm³/mol. The summed E-state index contributed by atoms with van der Waals surface area (Å²) in [5.41, 5.74) is 1.42. The molecule has 0 spiro atoms. The molecule has 0 fully saturated rings. The molecule has 0 saturated heterocycles. The smallest absolute Gasteiger partial charge is 0.159 e. The number of benzene rings is 3. The maximum absolute atomic E-state index is 14.3. The van der Waals surface area contributed by atoms with Crippen LogP contribution in [0.2, 0.25) is 0 Å². The molecule has 110 valence electrons. The van der Waals surface area contributed by atoms with Crippen LogP contribution in [-0.2, 0) is 0 Å². The van der Waals surface area contributed by atoms with Gasteiger partial charge in [0.25, 0.3) is 0 Å². The van der Waals surface area contributed by atoms with Crippen LogP contribution < -0.4 is 0 Å². The van der Waals surface area contributed by atoms with Gasteiger partial charge in [0.1, 0.15) is 11.6 Å². The lowest BCUT2D eigenvalue weighted by Crippen LogP contribution is -1.89. The Hall–Kier alpha value is -2.75. The van der Waals surface area contributed by atoms with Crippen LogP contribution in [0.5, 0.6) is 5.75 Å². The van der Waals surface area contributed by atoms with Gasteiger partial charge in [-0.15, -0.1) is 0 Å². The molecule has 0 saturated carbocycles. The Morgan fingerprint density at radius 1 is 0.591 bits per heavy atom. The minimum absolute atomic E-state index is 0.0259. The summed E-state index contributed by atoms with van der Waals surface area (Å²) in [7, 11) is 0. The van der Waals surface area contributed by atoms with Gasteiger partial charge in [-0.3, -0.25) is 0 Å². The van der Waals surface area contributed by atoms with Gasteiger partial charge in [0.2, 0.25) is 0 Å². The summed E-state index contributed by atoms with van der Waals surface area (Å²) >= 11 is 0. The monoisotopic (exact) mass is 300 g/mol. The third-order valence-electron chi connectivity index (χ3n) is 3.42. The van der Waals surface area contributed by atoms with Gasteiger partial charge in [-0.2, -0.15) is 0 Å². The zero-order valence-electron chi connectivity index (χ0n) is 11.4. The number of aromatic hydroxyl groups is 1. The highest BCUT2D eigenvalue weighted by molar-refractivity contribution is 5.74. The zero-order valence-corrected chi connectivity index (χ0v) is 11.4. The predicted octanol–water partition coefficient (Wildman–Crippen LogP) is 5.14. The summed E-state index contributed by atoms with van der Waals surface area (Å²) in [6, 6.07) is 14.1. The van der Waals surface area contributed by atoms with Crippen LogP contribution in [-0.4, -0.2) is 5.11 Å². The molecule has 0 aliphatic rings. The number of phenolic OH excluding ortho intramolecular Hbond substituents is 1. The SMILES string of the molecule is Oc1ccccc1-c1ccc(-c2ccc(F)c(F)c2)cc1F. The molecular weight excluding hydrogens is 289 g/mol. The lowest BCUT2D eigenvalue weighted by atomic mass is 9.99. The lowest BCUT2D eigenvalue weighted by Gasteiger charge is -2.08. The molecule has 3 aromatic carbocycles. The van der Waals surface area contributed by atoms with Crippen molar-refractivity contribution in [3.63, 3.8) is 0 Å². The summed E-state index contributed by atoms with van der Waals surface area (Å²) in [4.78, 5) is 0. The Kier molecular flexibility index (Phi) is 3.59. The van der Waals surface area contributed by atoms with E-state index in [0.29, 0.717) is 16.7 Å². The first-order chi connectivity index (χ1) is 10.6. The number of rotatable bonds is 2. The molecule has 0 bridgehead atoms. The highest BCUT2D eigenvalue weighted by Crippen LogP contribution is 2.33. The average molecular weight is 300 g/mol. The van der Waals surface area contributed by atoms with Crippen LogP contribution in [0.1, 0.15) is 0 Å². The van der Waals surface area contributed by atoms with Gasteiger partial charge in [0.15, 0.2) is 11.6 Å². The molecule has 0 aliphatic carbocycles. The molecule has 1 N–H and O–H groups in total. The van der Waals surface area contributed by atoms with Crippen LogP contribution in [0.25, 0.3) is 22.3 Å². The molecule has 0 heterocycles. The Morgan fingerprint density at radius 3 is 1.86 bits per heavy atom. The average Bonchev–Trinajstić information content (AvgIpc) is 2.51. The summed E-state index contributed by atoms with van der Waals surface area (Å²) in [6.45, 7) is 0. The van der Waals surface area contributed by atoms with Gasteiger partial charge < -0.3 is 5.11 Å². The van der Waals surface area contributed by atoms with Crippen LogP contribution in [0.4, 0.5) is 13.2 Å². The van der Waals surface area contributed by atoms with E-state index in [0.717, 1.165) is 12.1 Å². The topological polar surface area (TPSA) is 20.2 Å². The number of hydrogen-bond donors (Lipinski definition) is 1. The fourth-order valence-electron chi connectivity index (χ4n) is 2.29. The van der Waals surface area contributed by atoms with E-state index < -0.39 is 17.5 Å². The highest BCUT2D eigenvalue weighted by atomic mass is 19.2. The minimum Gasteiger partial charge on any atom is -0.507 e. The van der Waals surface area contributed by atoms with Crippen molar-refractivity contribution in [2.24, 2.45) is 0 Å². The van der Waals surface area contributed by atoms with Gasteiger partial charge in [-0.05, 0) is 35.4 Å². The standard InChI is InChI=1S/C18H11F3O/c19-15-8-6-12(10-17(15)21)11-5-7-13(16(20)9-11)14-3-1-2-4-18(14)22/h1-10,22H. The van der Waals surface area contributed by atoms with Crippen LogP contribution in [0.3, 0.4) is 0 Å². The Labute approximate surface area is 125 Å². The molecule has 0 aromatic heterocycles. The second-order valence-electron chi connectivity index (χ2n) is 4.84.